The lowest BCUT2D eigenvalue weighted by atomic mass is 9.32. The SMILES string of the molecule is C=C(C)[C@@H]1CCC2(C(=O)O)CC[C@]3(C)C(CCC4C5(C)CCC(NC(=O)CN(OC)[C@@H]6OC[C@@H](O)C(O)C6O)C(C)(C)C5CCC43C)C12. The molecule has 0 radical (unpaired) electrons. The highest BCUT2D eigenvalue weighted by molar-refractivity contribution is 5.78. The summed E-state index contributed by atoms with van der Waals surface area (Å²) in [5.74, 6) is 0.950. The summed E-state index contributed by atoms with van der Waals surface area (Å²) in [7, 11) is 1.39. The summed E-state index contributed by atoms with van der Waals surface area (Å²) in [6.45, 7) is 18.4. The van der Waals surface area contributed by atoms with E-state index in [2.05, 4.69) is 53.4 Å². The van der Waals surface area contributed by atoms with Crippen LogP contribution in [0.4, 0.5) is 0 Å². The first-order valence-electron chi connectivity index (χ1n) is 18.5. The van der Waals surface area contributed by atoms with E-state index in [1.807, 2.05) is 0 Å². The molecular formula is C38H62N2O8. The Morgan fingerprint density at radius 3 is 2.25 bits per heavy atom. The van der Waals surface area contributed by atoms with Gasteiger partial charge in [-0.25, -0.2) is 0 Å². The summed E-state index contributed by atoms with van der Waals surface area (Å²) >= 11 is 0. The zero-order valence-electron chi connectivity index (χ0n) is 30.3. The Hall–Kier alpha value is -1.56. The maximum absolute atomic E-state index is 13.5. The fraction of sp³-hybridized carbons (Fsp3) is 0.895. The molecule has 6 aliphatic rings. The van der Waals surface area contributed by atoms with Gasteiger partial charge in [-0.3, -0.25) is 14.4 Å². The number of nitrogens with zero attached hydrogens (tertiary/aromatic N) is 1. The highest BCUT2D eigenvalue weighted by Crippen LogP contribution is 2.77. The van der Waals surface area contributed by atoms with E-state index in [1.165, 1.54) is 12.2 Å². The Morgan fingerprint density at radius 2 is 1.60 bits per heavy atom. The van der Waals surface area contributed by atoms with Gasteiger partial charge < -0.3 is 30.5 Å². The van der Waals surface area contributed by atoms with E-state index in [1.54, 1.807) is 0 Å². The number of allylic oxidation sites excluding steroid dienone is 1. The Labute approximate surface area is 287 Å². The molecule has 1 aliphatic heterocycles. The number of rotatable bonds is 7. The molecule has 6 fully saturated rings. The topological polar surface area (TPSA) is 149 Å². The smallest absolute Gasteiger partial charge is 0.309 e. The van der Waals surface area contributed by atoms with Gasteiger partial charge in [-0.2, -0.15) is 0 Å². The summed E-state index contributed by atoms with van der Waals surface area (Å²) in [5.41, 5.74) is 0.661. The van der Waals surface area contributed by atoms with Crippen LogP contribution in [0.3, 0.4) is 0 Å². The van der Waals surface area contributed by atoms with Gasteiger partial charge in [0, 0.05) is 6.04 Å². The zero-order chi connectivity index (χ0) is 35.2. The van der Waals surface area contributed by atoms with Crippen LogP contribution in [0.1, 0.15) is 106 Å². The van der Waals surface area contributed by atoms with Crippen LogP contribution >= 0.6 is 0 Å². The van der Waals surface area contributed by atoms with Crippen molar-refractivity contribution in [3.63, 3.8) is 0 Å². The van der Waals surface area contributed by atoms with Gasteiger partial charge in [0.15, 0.2) is 6.23 Å². The van der Waals surface area contributed by atoms with Crippen molar-refractivity contribution in [2.24, 2.45) is 56.7 Å². The van der Waals surface area contributed by atoms with Crippen LogP contribution in [0, 0.1) is 56.7 Å². The highest BCUT2D eigenvalue weighted by atomic mass is 16.7. The van der Waals surface area contributed by atoms with Gasteiger partial charge in [-0.15, -0.1) is 5.06 Å². The molecule has 0 spiro atoms. The monoisotopic (exact) mass is 674 g/mol. The van der Waals surface area contributed by atoms with Crippen LogP contribution in [0.15, 0.2) is 12.2 Å². The Balaban J connectivity index is 1.20. The van der Waals surface area contributed by atoms with Crippen molar-refractivity contribution in [2.75, 3.05) is 20.3 Å². The van der Waals surface area contributed by atoms with Gasteiger partial charge in [0.25, 0.3) is 0 Å². The first kappa shape index (κ1) is 36.2. The molecule has 14 atom stereocenters. The van der Waals surface area contributed by atoms with Gasteiger partial charge in [0.05, 0.1) is 19.1 Å². The Morgan fingerprint density at radius 1 is 0.896 bits per heavy atom. The summed E-state index contributed by atoms with van der Waals surface area (Å²) in [6, 6.07) is -0.0386. The molecule has 5 N–H and O–H groups in total. The molecule has 6 rings (SSSR count). The molecular weight excluding hydrogens is 612 g/mol. The zero-order valence-corrected chi connectivity index (χ0v) is 30.3. The first-order valence-corrected chi connectivity index (χ1v) is 18.5. The third-order valence-corrected chi connectivity index (χ3v) is 16.2. The van der Waals surface area contributed by atoms with Crippen molar-refractivity contribution in [1.82, 2.24) is 10.4 Å². The molecule has 5 aliphatic carbocycles. The summed E-state index contributed by atoms with van der Waals surface area (Å²) in [4.78, 5) is 31.9. The average molecular weight is 675 g/mol. The predicted octanol–water partition coefficient (Wildman–Crippen LogP) is 4.52. The van der Waals surface area contributed by atoms with E-state index in [-0.39, 0.29) is 58.6 Å². The van der Waals surface area contributed by atoms with Crippen LogP contribution < -0.4 is 5.32 Å². The second-order valence-corrected chi connectivity index (χ2v) is 18.2. The van der Waals surface area contributed by atoms with E-state index in [0.29, 0.717) is 17.8 Å². The number of aliphatic carboxylic acids is 1. The van der Waals surface area contributed by atoms with Crippen molar-refractivity contribution in [1.29, 1.82) is 0 Å². The molecule has 10 heteroatoms. The molecule has 272 valence electrons. The molecule has 48 heavy (non-hydrogen) atoms. The molecule has 1 saturated heterocycles. The third-order valence-electron chi connectivity index (χ3n) is 16.2. The quantitative estimate of drug-likeness (QED) is 0.194. The van der Waals surface area contributed by atoms with E-state index in [4.69, 9.17) is 9.57 Å². The average Bonchev–Trinajstić information content (AvgIpc) is 3.42. The summed E-state index contributed by atoms with van der Waals surface area (Å²) < 4.78 is 5.53. The van der Waals surface area contributed by atoms with Gasteiger partial charge >= 0.3 is 5.97 Å². The number of nitrogens with one attached hydrogen (secondary N) is 1. The molecule has 1 heterocycles. The fourth-order valence-corrected chi connectivity index (χ4v) is 13.5. The summed E-state index contributed by atoms with van der Waals surface area (Å²) in [6.07, 6.45) is 4.65. The molecule has 10 nitrogen and oxygen atoms in total. The standard InChI is InChI=1S/C38H62N2O8/c1-21(2)22-11-16-38(33(45)46)18-17-36(6)23(29(22)38)9-10-26-35(5)14-13-27(34(3,4)25(35)12-15-37(26,36)7)39-28(42)19-40(47-8)32-31(44)30(43)24(41)20-48-32/h22-27,29-32,41,43-44H,1,9-20H2,2-8H3,(H,39,42)(H,45,46)/t22-,23?,24+,25?,26?,27?,29?,30?,31?,32+,35?,36+,37?,38?/m0/s1. The minimum absolute atomic E-state index is 0.0386. The third kappa shape index (κ3) is 5.08. The highest BCUT2D eigenvalue weighted by Gasteiger charge is 2.72. The van der Waals surface area contributed by atoms with Crippen LogP contribution in [0.25, 0.3) is 0 Å². The minimum atomic E-state index is -1.42. The fourth-order valence-electron chi connectivity index (χ4n) is 13.5. The number of hydroxylamine groups is 2. The lowest BCUT2D eigenvalue weighted by Crippen LogP contribution is -2.68. The molecule has 1 amide bonds. The number of hydrogen-bond donors (Lipinski definition) is 5. The number of amides is 1. The lowest BCUT2D eigenvalue weighted by molar-refractivity contribution is -0.303. The Bertz CT molecular complexity index is 1290. The van der Waals surface area contributed by atoms with Gasteiger partial charge in [0.2, 0.25) is 5.91 Å². The van der Waals surface area contributed by atoms with Gasteiger partial charge in [-0.1, -0.05) is 46.8 Å². The van der Waals surface area contributed by atoms with E-state index in [0.717, 1.165) is 69.8 Å². The minimum Gasteiger partial charge on any atom is -0.481 e. The molecule has 0 aromatic carbocycles. The number of aliphatic hydroxyl groups is 3. The largest absolute Gasteiger partial charge is 0.481 e. The predicted molar refractivity (Wildman–Crippen MR) is 180 cm³/mol. The van der Waals surface area contributed by atoms with Crippen molar-refractivity contribution < 1.29 is 39.6 Å². The van der Waals surface area contributed by atoms with Gasteiger partial charge in [-0.05, 0) is 122 Å². The number of hydrogen-bond acceptors (Lipinski definition) is 8. The number of carbonyl (C=O) groups excluding carboxylic acids is 1. The lowest BCUT2D eigenvalue weighted by Gasteiger charge is -2.73. The van der Waals surface area contributed by atoms with Crippen molar-refractivity contribution in [3.05, 3.63) is 12.2 Å². The van der Waals surface area contributed by atoms with Crippen molar-refractivity contribution >= 4 is 11.9 Å². The first-order chi connectivity index (χ1) is 22.4. The van der Waals surface area contributed by atoms with E-state index in [9.17, 15) is 30.0 Å². The van der Waals surface area contributed by atoms with Crippen LogP contribution in [-0.4, -0.2) is 88.2 Å². The normalized spacial score (nSPS) is 49.6. The van der Waals surface area contributed by atoms with Crippen molar-refractivity contribution in [2.45, 2.75) is 136 Å². The number of carboxylic acid groups (broad SMARTS) is 1. The van der Waals surface area contributed by atoms with Crippen LogP contribution in [-0.2, 0) is 19.2 Å². The number of aliphatic hydroxyl groups excluding tert-OH is 3. The Kier molecular flexibility index (Phi) is 9.28. The second-order valence-electron chi connectivity index (χ2n) is 18.2. The molecule has 0 bridgehead atoms. The molecule has 0 aromatic rings. The van der Waals surface area contributed by atoms with Crippen LogP contribution in [0.5, 0.6) is 0 Å². The maximum atomic E-state index is 13.5. The molecule has 0 aromatic heterocycles. The van der Waals surface area contributed by atoms with Crippen molar-refractivity contribution in [3.8, 4) is 0 Å². The number of carbonyl (C=O) groups is 2. The van der Waals surface area contributed by atoms with E-state index >= 15 is 0 Å². The second kappa shape index (κ2) is 12.3. The van der Waals surface area contributed by atoms with Crippen LogP contribution in [0.2, 0.25) is 0 Å². The number of fused-ring (bicyclic) bond motifs is 7. The maximum Gasteiger partial charge on any atom is 0.309 e. The van der Waals surface area contributed by atoms with Gasteiger partial charge in [0.1, 0.15) is 24.9 Å². The number of ether oxygens (including phenoxy) is 1. The molecule has 10 unspecified atom stereocenters. The number of carboxylic acids is 1. The van der Waals surface area contributed by atoms with E-state index < -0.39 is 35.9 Å². The summed E-state index contributed by atoms with van der Waals surface area (Å²) in [5, 5.41) is 45.7. The molecule has 5 saturated carbocycles.